The van der Waals surface area contributed by atoms with Crippen LogP contribution >= 0.6 is 22.6 Å². The van der Waals surface area contributed by atoms with Gasteiger partial charge in [0.1, 0.15) is 17.4 Å². The van der Waals surface area contributed by atoms with Gasteiger partial charge in [0.15, 0.2) is 11.5 Å². The van der Waals surface area contributed by atoms with Crippen LogP contribution in [0.15, 0.2) is 42.0 Å². The molecule has 0 heterocycles. The summed E-state index contributed by atoms with van der Waals surface area (Å²) in [5.41, 5.74) is 1.12. The van der Waals surface area contributed by atoms with Crippen molar-refractivity contribution >= 4 is 40.3 Å². The highest BCUT2D eigenvalue weighted by molar-refractivity contribution is 14.1. The highest BCUT2D eigenvalue weighted by Gasteiger charge is 2.14. The zero-order valence-electron chi connectivity index (χ0n) is 15.2. The van der Waals surface area contributed by atoms with Gasteiger partial charge in [-0.15, -0.1) is 0 Å². The fourth-order valence-corrected chi connectivity index (χ4v) is 3.23. The molecule has 0 bridgehead atoms. The van der Waals surface area contributed by atoms with Gasteiger partial charge >= 0.3 is 0 Å². The zero-order valence-corrected chi connectivity index (χ0v) is 17.4. The van der Waals surface area contributed by atoms with E-state index >= 15 is 0 Å². The quantitative estimate of drug-likeness (QED) is 0.366. The first-order valence-electron chi connectivity index (χ1n) is 8.10. The molecule has 2 rings (SSSR count). The monoisotopic (exact) mass is 478 g/mol. The van der Waals surface area contributed by atoms with Gasteiger partial charge in [-0.3, -0.25) is 4.79 Å². The summed E-state index contributed by atoms with van der Waals surface area (Å²) in [4.78, 5) is 12.5. The Bertz CT molecular complexity index is 903. The van der Waals surface area contributed by atoms with Gasteiger partial charge in [-0.25, -0.2) is 0 Å². The predicted octanol–water partition coefficient (Wildman–Crippen LogP) is 4.25. The molecule has 140 valence electrons. The van der Waals surface area contributed by atoms with Gasteiger partial charge < -0.3 is 19.5 Å². The van der Waals surface area contributed by atoms with Crippen molar-refractivity contribution in [2.45, 2.75) is 6.92 Å². The van der Waals surface area contributed by atoms with Gasteiger partial charge in [0.2, 0.25) is 0 Å². The van der Waals surface area contributed by atoms with Gasteiger partial charge in [0, 0.05) is 0 Å². The maximum absolute atomic E-state index is 12.5. The summed E-state index contributed by atoms with van der Waals surface area (Å²) in [5, 5.41) is 12.1. The van der Waals surface area contributed by atoms with Crippen LogP contribution in [-0.2, 0) is 4.79 Å². The summed E-state index contributed by atoms with van der Waals surface area (Å²) in [6.07, 6.45) is 1.51. The standard InChI is InChI=1S/C20H19IN2O4/c1-4-27-18-11-13(10-15(21)19(18)26-3)9-14(12-22)20(24)23-16-7-5-6-8-17(16)25-2/h5-11H,4H2,1-3H3,(H,23,24)/b14-9+. The number of hydrogen-bond donors (Lipinski definition) is 1. The Labute approximate surface area is 171 Å². The zero-order chi connectivity index (χ0) is 19.8. The van der Waals surface area contributed by atoms with E-state index in [0.29, 0.717) is 35.1 Å². The van der Waals surface area contributed by atoms with E-state index in [4.69, 9.17) is 14.2 Å². The van der Waals surface area contributed by atoms with Crippen molar-refractivity contribution in [3.05, 3.63) is 51.1 Å². The molecule has 0 saturated heterocycles. The van der Waals surface area contributed by atoms with Crippen LogP contribution in [0.2, 0.25) is 0 Å². The molecule has 0 atom stereocenters. The minimum atomic E-state index is -0.522. The third-order valence-electron chi connectivity index (χ3n) is 3.57. The summed E-state index contributed by atoms with van der Waals surface area (Å²) >= 11 is 2.12. The number of carbonyl (C=O) groups is 1. The molecule has 0 unspecified atom stereocenters. The Kier molecular flexibility index (Phi) is 7.49. The van der Waals surface area contributed by atoms with Crippen LogP contribution in [0.3, 0.4) is 0 Å². The molecule has 27 heavy (non-hydrogen) atoms. The highest BCUT2D eigenvalue weighted by Crippen LogP contribution is 2.34. The molecule has 0 radical (unpaired) electrons. The van der Waals surface area contributed by atoms with Crippen molar-refractivity contribution in [1.82, 2.24) is 0 Å². The van der Waals surface area contributed by atoms with E-state index in [9.17, 15) is 10.1 Å². The number of carbonyl (C=O) groups excluding carboxylic acids is 1. The summed E-state index contributed by atoms with van der Waals surface area (Å²) in [6, 6.07) is 12.5. The summed E-state index contributed by atoms with van der Waals surface area (Å²) < 4.78 is 17.0. The Morgan fingerprint density at radius 2 is 1.96 bits per heavy atom. The molecule has 0 saturated carbocycles. The van der Waals surface area contributed by atoms with Crippen molar-refractivity contribution in [1.29, 1.82) is 5.26 Å². The molecule has 0 aromatic heterocycles. The Balaban J connectivity index is 2.35. The van der Waals surface area contributed by atoms with E-state index in [1.54, 1.807) is 37.4 Å². The van der Waals surface area contributed by atoms with E-state index in [0.717, 1.165) is 3.57 Å². The lowest BCUT2D eigenvalue weighted by atomic mass is 10.1. The van der Waals surface area contributed by atoms with E-state index in [2.05, 4.69) is 27.9 Å². The molecule has 1 amide bonds. The van der Waals surface area contributed by atoms with E-state index in [1.165, 1.54) is 13.2 Å². The number of nitriles is 1. The first kappa shape index (κ1) is 20.6. The number of nitrogens with zero attached hydrogens (tertiary/aromatic N) is 1. The molecule has 0 aliphatic heterocycles. The molecule has 0 spiro atoms. The number of amides is 1. The Morgan fingerprint density at radius 3 is 2.59 bits per heavy atom. The first-order chi connectivity index (χ1) is 13.0. The number of rotatable bonds is 7. The Hall–Kier alpha value is -2.73. The molecule has 1 N–H and O–H groups in total. The largest absolute Gasteiger partial charge is 0.495 e. The van der Waals surface area contributed by atoms with E-state index < -0.39 is 5.91 Å². The molecule has 2 aromatic rings. The van der Waals surface area contributed by atoms with Crippen LogP contribution in [-0.4, -0.2) is 26.7 Å². The summed E-state index contributed by atoms with van der Waals surface area (Å²) in [5.74, 6) is 1.17. The number of para-hydroxylation sites is 2. The average Bonchev–Trinajstić information content (AvgIpc) is 2.66. The fraction of sp³-hybridized carbons (Fsp3) is 0.200. The number of halogens is 1. The second-order valence-electron chi connectivity index (χ2n) is 5.29. The van der Waals surface area contributed by atoms with Crippen molar-refractivity contribution in [3.8, 4) is 23.3 Å². The topological polar surface area (TPSA) is 80.6 Å². The molecule has 0 fully saturated rings. The number of nitrogens with one attached hydrogen (secondary N) is 1. The third-order valence-corrected chi connectivity index (χ3v) is 4.37. The van der Waals surface area contributed by atoms with Gasteiger partial charge in [-0.2, -0.15) is 5.26 Å². The highest BCUT2D eigenvalue weighted by atomic mass is 127. The van der Waals surface area contributed by atoms with Crippen molar-refractivity contribution < 1.29 is 19.0 Å². The minimum absolute atomic E-state index is 0.0377. The number of ether oxygens (including phenoxy) is 3. The molecule has 7 heteroatoms. The molecule has 0 aliphatic carbocycles. The number of hydrogen-bond acceptors (Lipinski definition) is 5. The average molecular weight is 478 g/mol. The van der Waals surface area contributed by atoms with Crippen LogP contribution in [0.4, 0.5) is 5.69 Å². The lowest BCUT2D eigenvalue weighted by Crippen LogP contribution is -2.14. The van der Waals surface area contributed by atoms with Crippen LogP contribution < -0.4 is 19.5 Å². The minimum Gasteiger partial charge on any atom is -0.495 e. The summed E-state index contributed by atoms with van der Waals surface area (Å²) in [7, 11) is 3.08. The second kappa shape index (κ2) is 9.83. The molecule has 2 aromatic carbocycles. The van der Waals surface area contributed by atoms with E-state index in [1.807, 2.05) is 19.1 Å². The van der Waals surface area contributed by atoms with Gasteiger partial charge in [0.05, 0.1) is 30.1 Å². The van der Waals surface area contributed by atoms with Crippen molar-refractivity contribution in [2.24, 2.45) is 0 Å². The lowest BCUT2D eigenvalue weighted by Gasteiger charge is -2.12. The molecular weight excluding hydrogens is 459 g/mol. The maximum atomic E-state index is 12.5. The number of anilines is 1. The summed E-state index contributed by atoms with van der Waals surface area (Å²) in [6.45, 7) is 2.34. The first-order valence-corrected chi connectivity index (χ1v) is 9.18. The van der Waals surface area contributed by atoms with Gasteiger partial charge in [0.25, 0.3) is 5.91 Å². The van der Waals surface area contributed by atoms with E-state index in [-0.39, 0.29) is 5.57 Å². The lowest BCUT2D eigenvalue weighted by molar-refractivity contribution is -0.112. The van der Waals surface area contributed by atoms with Crippen LogP contribution in [0.25, 0.3) is 6.08 Å². The van der Waals surface area contributed by atoms with Crippen LogP contribution in [0.1, 0.15) is 12.5 Å². The molecular formula is C20H19IN2O4. The van der Waals surface area contributed by atoms with Crippen LogP contribution in [0.5, 0.6) is 17.2 Å². The smallest absolute Gasteiger partial charge is 0.266 e. The second-order valence-corrected chi connectivity index (χ2v) is 6.45. The number of benzene rings is 2. The van der Waals surface area contributed by atoms with Crippen molar-refractivity contribution in [2.75, 3.05) is 26.1 Å². The van der Waals surface area contributed by atoms with Gasteiger partial charge in [-0.05, 0) is 65.4 Å². The van der Waals surface area contributed by atoms with Gasteiger partial charge in [-0.1, -0.05) is 12.1 Å². The molecule has 0 aliphatic rings. The van der Waals surface area contributed by atoms with Crippen LogP contribution in [0, 0.1) is 14.9 Å². The Morgan fingerprint density at radius 1 is 1.22 bits per heavy atom. The number of methoxy groups -OCH3 is 2. The maximum Gasteiger partial charge on any atom is 0.266 e. The predicted molar refractivity (Wildman–Crippen MR) is 112 cm³/mol. The SMILES string of the molecule is CCOc1cc(/C=C(\C#N)C(=O)Nc2ccccc2OC)cc(I)c1OC. The third kappa shape index (κ3) is 5.14. The molecule has 6 nitrogen and oxygen atoms in total. The normalized spacial score (nSPS) is 10.7. The fourth-order valence-electron chi connectivity index (χ4n) is 2.39. The van der Waals surface area contributed by atoms with Crippen molar-refractivity contribution in [3.63, 3.8) is 0 Å².